The van der Waals surface area contributed by atoms with E-state index in [0.717, 1.165) is 44.8 Å². The van der Waals surface area contributed by atoms with E-state index in [2.05, 4.69) is 19.5 Å². The lowest BCUT2D eigenvalue weighted by atomic mass is 10.2. The van der Waals surface area contributed by atoms with Gasteiger partial charge in [-0.15, -0.1) is 22.7 Å². The molecule has 142 valence electrons. The molecule has 0 fully saturated rings. The fraction of sp³-hybridized carbons (Fsp3) is 0.300. The number of thiophene rings is 1. The van der Waals surface area contributed by atoms with Crippen LogP contribution in [0.1, 0.15) is 38.6 Å². The Morgan fingerprint density at radius 3 is 2.96 bits per heavy atom. The maximum Gasteiger partial charge on any atom is 0.193 e. The zero-order valence-corrected chi connectivity index (χ0v) is 18.0. The first-order valence-corrected chi connectivity index (χ1v) is 11.8. The first-order chi connectivity index (χ1) is 13.6. The van der Waals surface area contributed by atoms with E-state index in [0.29, 0.717) is 5.75 Å². The Morgan fingerprint density at radius 1 is 1.25 bits per heavy atom. The van der Waals surface area contributed by atoms with Gasteiger partial charge in [0, 0.05) is 38.8 Å². The molecular formula is C20H18N4OS3. The molecule has 5 nitrogen and oxygen atoms in total. The number of thiazole rings is 1. The van der Waals surface area contributed by atoms with Gasteiger partial charge in [-0.3, -0.25) is 9.36 Å². The number of aromatic nitrogens is 4. The van der Waals surface area contributed by atoms with E-state index < -0.39 is 0 Å². The molecule has 0 aliphatic heterocycles. The predicted molar refractivity (Wildman–Crippen MR) is 115 cm³/mol. The average molecular weight is 427 g/mol. The molecular weight excluding hydrogens is 408 g/mol. The number of ketones is 1. The van der Waals surface area contributed by atoms with Crippen LogP contribution in [0.15, 0.2) is 29.0 Å². The van der Waals surface area contributed by atoms with Gasteiger partial charge in [0.2, 0.25) is 0 Å². The van der Waals surface area contributed by atoms with Gasteiger partial charge in [-0.25, -0.2) is 15.0 Å². The second-order valence-corrected chi connectivity index (χ2v) is 9.78. The lowest BCUT2D eigenvalue weighted by molar-refractivity contribution is 0.102. The van der Waals surface area contributed by atoms with Crippen LogP contribution in [0.25, 0.3) is 15.3 Å². The maximum atomic E-state index is 13.0. The molecule has 4 aromatic rings. The molecule has 0 saturated carbocycles. The normalized spacial score (nSPS) is 13.4. The third-order valence-electron chi connectivity index (χ3n) is 5.15. The number of Topliss-reactive ketones (excluding diaryl/α,β-unsaturated/α-hetero) is 1. The third-order valence-corrected chi connectivity index (χ3v) is 8.09. The molecule has 1 aliphatic rings. The summed E-state index contributed by atoms with van der Waals surface area (Å²) in [6, 6.07) is 1.97. The molecule has 4 heterocycles. The van der Waals surface area contributed by atoms with Crippen LogP contribution < -0.4 is 0 Å². The largest absolute Gasteiger partial charge is 0.294 e. The molecule has 5 rings (SSSR count). The molecule has 0 N–H and O–H groups in total. The highest BCUT2D eigenvalue weighted by atomic mass is 32.2. The fourth-order valence-corrected chi connectivity index (χ4v) is 6.84. The van der Waals surface area contributed by atoms with Gasteiger partial charge in [0.1, 0.15) is 16.2 Å². The molecule has 0 aromatic carbocycles. The van der Waals surface area contributed by atoms with Crippen molar-refractivity contribution in [3.8, 4) is 5.13 Å². The number of hydrogen-bond acceptors (Lipinski definition) is 7. The van der Waals surface area contributed by atoms with Crippen LogP contribution in [-0.4, -0.2) is 31.1 Å². The Kier molecular flexibility index (Phi) is 4.57. The number of aryl methyl sites for hydroxylation is 3. The molecule has 0 bridgehead atoms. The van der Waals surface area contributed by atoms with Crippen molar-refractivity contribution in [1.29, 1.82) is 0 Å². The van der Waals surface area contributed by atoms with Crippen molar-refractivity contribution in [3.63, 3.8) is 0 Å². The number of rotatable bonds is 5. The van der Waals surface area contributed by atoms with Gasteiger partial charge in [-0.05, 0) is 44.7 Å². The van der Waals surface area contributed by atoms with Gasteiger partial charge in [-0.1, -0.05) is 11.8 Å². The molecule has 8 heteroatoms. The van der Waals surface area contributed by atoms with E-state index in [1.54, 1.807) is 35.2 Å². The van der Waals surface area contributed by atoms with Crippen LogP contribution >= 0.6 is 34.4 Å². The summed E-state index contributed by atoms with van der Waals surface area (Å²) in [7, 11) is 0. The lowest BCUT2D eigenvalue weighted by Crippen LogP contribution is -2.05. The summed E-state index contributed by atoms with van der Waals surface area (Å²) in [5, 5.41) is 4.95. The number of carbonyl (C=O) groups excluding carboxylic acids is 1. The highest BCUT2D eigenvalue weighted by molar-refractivity contribution is 8.00. The lowest BCUT2D eigenvalue weighted by Gasteiger charge is -2.06. The van der Waals surface area contributed by atoms with Crippen LogP contribution in [-0.2, 0) is 12.8 Å². The zero-order chi connectivity index (χ0) is 19.3. The smallest absolute Gasteiger partial charge is 0.193 e. The van der Waals surface area contributed by atoms with Gasteiger partial charge in [0.15, 0.2) is 10.9 Å². The minimum atomic E-state index is 0.125. The Bertz CT molecular complexity index is 1190. The summed E-state index contributed by atoms with van der Waals surface area (Å²) < 4.78 is 2.05. The van der Waals surface area contributed by atoms with Gasteiger partial charge < -0.3 is 0 Å². The van der Waals surface area contributed by atoms with Gasteiger partial charge >= 0.3 is 0 Å². The third kappa shape index (κ3) is 2.91. The molecule has 0 amide bonds. The molecule has 0 unspecified atom stereocenters. The molecule has 0 radical (unpaired) electrons. The number of thioether (sulfide) groups is 1. The minimum Gasteiger partial charge on any atom is -0.294 e. The van der Waals surface area contributed by atoms with E-state index >= 15 is 0 Å². The Labute approximate surface area is 174 Å². The summed E-state index contributed by atoms with van der Waals surface area (Å²) in [6.45, 7) is 4.00. The second kappa shape index (κ2) is 7.09. The van der Waals surface area contributed by atoms with E-state index in [-0.39, 0.29) is 5.78 Å². The summed E-state index contributed by atoms with van der Waals surface area (Å²) in [6.07, 6.45) is 6.85. The molecule has 0 spiro atoms. The van der Waals surface area contributed by atoms with Crippen molar-refractivity contribution in [1.82, 2.24) is 19.5 Å². The van der Waals surface area contributed by atoms with E-state index in [1.165, 1.54) is 34.0 Å². The zero-order valence-electron chi connectivity index (χ0n) is 15.6. The highest BCUT2D eigenvalue weighted by Gasteiger charge is 2.23. The predicted octanol–water partition coefficient (Wildman–Crippen LogP) is 5.02. The van der Waals surface area contributed by atoms with Crippen LogP contribution in [0, 0.1) is 13.8 Å². The standard InChI is InChI=1S/C20H18N4OS3/c1-11-8-14(12(2)24(11)20-21-6-7-26-20)15(25)9-27-18-17-13-4-3-5-16(13)28-19(17)23-10-22-18/h6-8,10H,3-5,9H2,1-2H3. The van der Waals surface area contributed by atoms with Crippen molar-refractivity contribution >= 4 is 50.4 Å². The number of nitrogens with zero attached hydrogens (tertiary/aromatic N) is 4. The Hall–Kier alpha value is -2.03. The maximum absolute atomic E-state index is 13.0. The van der Waals surface area contributed by atoms with Gasteiger partial charge in [-0.2, -0.15) is 0 Å². The van der Waals surface area contributed by atoms with Crippen LogP contribution in [0.2, 0.25) is 0 Å². The quantitative estimate of drug-likeness (QED) is 0.255. The van der Waals surface area contributed by atoms with Crippen molar-refractivity contribution in [3.05, 3.63) is 51.4 Å². The molecule has 0 saturated heterocycles. The Morgan fingerprint density at radius 2 is 2.14 bits per heavy atom. The Balaban J connectivity index is 1.42. The summed E-state index contributed by atoms with van der Waals surface area (Å²) in [5.74, 6) is 0.498. The minimum absolute atomic E-state index is 0.125. The van der Waals surface area contributed by atoms with E-state index in [1.807, 2.05) is 25.3 Å². The van der Waals surface area contributed by atoms with Crippen LogP contribution in [0.4, 0.5) is 0 Å². The van der Waals surface area contributed by atoms with E-state index in [4.69, 9.17) is 0 Å². The SMILES string of the molecule is Cc1cc(C(=O)CSc2ncnc3sc4c(c23)CCC4)c(C)n1-c1nccs1. The molecule has 28 heavy (non-hydrogen) atoms. The summed E-state index contributed by atoms with van der Waals surface area (Å²) >= 11 is 4.88. The van der Waals surface area contributed by atoms with Gasteiger partial charge in [0.05, 0.1) is 5.75 Å². The number of carbonyl (C=O) groups is 1. The topological polar surface area (TPSA) is 60.7 Å². The van der Waals surface area contributed by atoms with E-state index in [9.17, 15) is 4.79 Å². The summed E-state index contributed by atoms with van der Waals surface area (Å²) in [5.41, 5.74) is 4.14. The highest BCUT2D eigenvalue weighted by Crippen LogP contribution is 2.40. The molecule has 0 atom stereocenters. The second-order valence-electron chi connectivity index (χ2n) is 6.86. The average Bonchev–Trinajstić information content (AvgIpc) is 3.43. The van der Waals surface area contributed by atoms with Crippen molar-refractivity contribution in [2.24, 2.45) is 0 Å². The van der Waals surface area contributed by atoms with Crippen molar-refractivity contribution in [2.45, 2.75) is 38.1 Å². The number of fused-ring (bicyclic) bond motifs is 3. The molecule has 4 aromatic heterocycles. The monoisotopic (exact) mass is 426 g/mol. The van der Waals surface area contributed by atoms with Crippen molar-refractivity contribution in [2.75, 3.05) is 5.75 Å². The van der Waals surface area contributed by atoms with Crippen molar-refractivity contribution < 1.29 is 4.79 Å². The van der Waals surface area contributed by atoms with Crippen LogP contribution in [0.5, 0.6) is 0 Å². The number of hydrogen-bond donors (Lipinski definition) is 0. The first-order valence-electron chi connectivity index (χ1n) is 9.13. The first kappa shape index (κ1) is 18.0. The molecule has 1 aliphatic carbocycles. The summed E-state index contributed by atoms with van der Waals surface area (Å²) in [4.78, 5) is 28.8. The van der Waals surface area contributed by atoms with Crippen LogP contribution in [0.3, 0.4) is 0 Å². The van der Waals surface area contributed by atoms with Gasteiger partial charge in [0.25, 0.3) is 0 Å². The fourth-order valence-electron chi connectivity index (χ4n) is 3.89.